The first-order chi connectivity index (χ1) is 34.0. The average Bonchev–Trinajstić information content (AvgIpc) is 3.35. The Morgan fingerprint density at radius 2 is 0.580 bits per heavy atom. The third kappa shape index (κ3) is 55.4. The van der Waals surface area contributed by atoms with Gasteiger partial charge >= 0.3 is 17.9 Å². The third-order valence-electron chi connectivity index (χ3n) is 12.4. The van der Waals surface area contributed by atoms with Crippen LogP contribution in [0.1, 0.15) is 278 Å². The number of allylic oxidation sites excluding steroid dienone is 14. The molecule has 0 heterocycles. The summed E-state index contributed by atoms with van der Waals surface area (Å²) in [7, 11) is 0. The van der Waals surface area contributed by atoms with E-state index in [1.54, 1.807) is 0 Å². The number of carbonyl (C=O) groups excluding carboxylic acids is 3. The maximum Gasteiger partial charge on any atom is 0.306 e. The maximum absolute atomic E-state index is 12.9. The summed E-state index contributed by atoms with van der Waals surface area (Å²) in [4.78, 5) is 38.1. The summed E-state index contributed by atoms with van der Waals surface area (Å²) in [5.41, 5.74) is 0. The molecule has 0 radical (unpaired) electrons. The van der Waals surface area contributed by atoms with Gasteiger partial charge in [0.05, 0.1) is 0 Å². The summed E-state index contributed by atoms with van der Waals surface area (Å²) in [6.07, 6.45) is 74.4. The van der Waals surface area contributed by atoms with E-state index < -0.39 is 6.10 Å². The number of ether oxygens (including phenoxy) is 3. The zero-order valence-electron chi connectivity index (χ0n) is 45.3. The van der Waals surface area contributed by atoms with Crippen molar-refractivity contribution in [2.45, 2.75) is 284 Å². The monoisotopic (exact) mass is 961 g/mol. The van der Waals surface area contributed by atoms with Crippen molar-refractivity contribution in [3.05, 3.63) is 85.1 Å². The molecule has 0 aliphatic rings. The fraction of sp³-hybridized carbons (Fsp3) is 0.730. The largest absolute Gasteiger partial charge is 0.462 e. The number of esters is 3. The molecule has 0 rings (SSSR count). The predicted octanol–water partition coefficient (Wildman–Crippen LogP) is 19.5. The first kappa shape index (κ1) is 65.6. The molecule has 0 unspecified atom stereocenters. The third-order valence-corrected chi connectivity index (χ3v) is 12.4. The average molecular weight is 962 g/mol. The smallest absolute Gasteiger partial charge is 0.306 e. The van der Waals surface area contributed by atoms with Crippen molar-refractivity contribution >= 4 is 17.9 Å². The molecule has 69 heavy (non-hydrogen) atoms. The van der Waals surface area contributed by atoms with Crippen LogP contribution >= 0.6 is 0 Å². The van der Waals surface area contributed by atoms with Crippen molar-refractivity contribution < 1.29 is 28.6 Å². The first-order valence-corrected chi connectivity index (χ1v) is 29.1. The normalized spacial score (nSPS) is 12.7. The predicted molar refractivity (Wildman–Crippen MR) is 297 cm³/mol. The van der Waals surface area contributed by atoms with Crippen LogP contribution in [0.2, 0.25) is 0 Å². The van der Waals surface area contributed by atoms with Crippen LogP contribution in [0.4, 0.5) is 0 Å². The molecule has 0 bridgehead atoms. The van der Waals surface area contributed by atoms with Crippen LogP contribution < -0.4 is 0 Å². The fourth-order valence-electron chi connectivity index (χ4n) is 8.00. The number of hydrogen-bond acceptors (Lipinski definition) is 6. The van der Waals surface area contributed by atoms with Crippen LogP contribution in [0.15, 0.2) is 85.1 Å². The van der Waals surface area contributed by atoms with Gasteiger partial charge in [-0.3, -0.25) is 14.4 Å². The Bertz CT molecular complexity index is 1330. The number of unbranched alkanes of at least 4 members (excludes halogenated alkanes) is 27. The molecule has 0 aromatic rings. The molecule has 396 valence electrons. The van der Waals surface area contributed by atoms with Crippen LogP contribution in [0.25, 0.3) is 0 Å². The van der Waals surface area contributed by atoms with E-state index in [9.17, 15) is 14.4 Å². The minimum atomic E-state index is -0.806. The standard InChI is InChI=1S/C63H108O6/c1-4-7-10-13-16-19-22-25-28-30-31-33-36-39-42-45-48-51-54-57-63(66)69-60(58-67-61(64)55-52-49-46-43-40-37-34-27-24-21-18-15-12-9-6-3)59-68-62(65)56-53-50-47-44-41-38-35-32-29-26-23-20-17-14-11-8-5-2/h9,12,18,21,25-29,34-35,38,44,47,60H,4-8,10-11,13-17,19-20,22-24,30-33,36-37,39-43,45-46,48-59H2,1-3H3/b12-9-,21-18-,28-25-,29-26-,34-27-,38-35-,47-44-/t60-/m1/s1. The van der Waals surface area contributed by atoms with Gasteiger partial charge in [0.25, 0.3) is 0 Å². The van der Waals surface area contributed by atoms with Gasteiger partial charge in [-0.15, -0.1) is 0 Å². The van der Waals surface area contributed by atoms with Crippen molar-refractivity contribution in [3.8, 4) is 0 Å². The van der Waals surface area contributed by atoms with E-state index in [2.05, 4.69) is 106 Å². The summed E-state index contributed by atoms with van der Waals surface area (Å²) in [5.74, 6) is -0.967. The molecule has 0 saturated heterocycles. The van der Waals surface area contributed by atoms with Crippen LogP contribution in [0.3, 0.4) is 0 Å². The van der Waals surface area contributed by atoms with Crippen molar-refractivity contribution in [2.24, 2.45) is 0 Å². The molecular weight excluding hydrogens is 853 g/mol. The minimum Gasteiger partial charge on any atom is -0.462 e. The highest BCUT2D eigenvalue weighted by atomic mass is 16.6. The highest BCUT2D eigenvalue weighted by Gasteiger charge is 2.19. The van der Waals surface area contributed by atoms with Crippen LogP contribution in [0.5, 0.6) is 0 Å². The lowest BCUT2D eigenvalue weighted by Crippen LogP contribution is -2.30. The Morgan fingerprint density at radius 3 is 0.957 bits per heavy atom. The number of rotatable bonds is 52. The lowest BCUT2D eigenvalue weighted by Gasteiger charge is -2.18. The van der Waals surface area contributed by atoms with E-state index in [-0.39, 0.29) is 37.5 Å². The Hall–Kier alpha value is -3.41. The van der Waals surface area contributed by atoms with Crippen LogP contribution in [0, 0.1) is 0 Å². The van der Waals surface area contributed by atoms with E-state index in [1.165, 1.54) is 135 Å². The number of carbonyl (C=O) groups is 3. The molecule has 1 atom stereocenters. The van der Waals surface area contributed by atoms with Gasteiger partial charge in [-0.1, -0.05) is 234 Å². The summed E-state index contributed by atoms with van der Waals surface area (Å²) < 4.78 is 16.8. The first-order valence-electron chi connectivity index (χ1n) is 29.1. The lowest BCUT2D eigenvalue weighted by molar-refractivity contribution is -0.167. The quantitative estimate of drug-likeness (QED) is 0.0262. The minimum absolute atomic E-state index is 0.102. The fourth-order valence-corrected chi connectivity index (χ4v) is 8.00. The molecule has 0 aliphatic carbocycles. The second-order valence-electron chi connectivity index (χ2n) is 19.2. The summed E-state index contributed by atoms with van der Waals surface area (Å²) in [6.45, 7) is 6.47. The summed E-state index contributed by atoms with van der Waals surface area (Å²) >= 11 is 0. The Labute approximate surface area is 426 Å². The number of hydrogen-bond donors (Lipinski definition) is 0. The zero-order chi connectivity index (χ0) is 50.0. The molecule has 0 fully saturated rings. The Kier molecular flexibility index (Phi) is 54.3. The molecular formula is C63H108O6. The lowest BCUT2D eigenvalue weighted by atomic mass is 10.1. The van der Waals surface area contributed by atoms with Crippen molar-refractivity contribution in [1.82, 2.24) is 0 Å². The van der Waals surface area contributed by atoms with Gasteiger partial charge in [0, 0.05) is 19.3 Å². The zero-order valence-corrected chi connectivity index (χ0v) is 45.3. The highest BCUT2D eigenvalue weighted by molar-refractivity contribution is 5.71. The summed E-state index contributed by atoms with van der Waals surface area (Å²) in [6, 6.07) is 0. The van der Waals surface area contributed by atoms with Crippen molar-refractivity contribution in [2.75, 3.05) is 13.2 Å². The van der Waals surface area contributed by atoms with Gasteiger partial charge in [-0.25, -0.2) is 0 Å². The van der Waals surface area contributed by atoms with E-state index in [0.29, 0.717) is 19.3 Å². The van der Waals surface area contributed by atoms with Crippen LogP contribution in [-0.4, -0.2) is 37.2 Å². The van der Waals surface area contributed by atoms with E-state index in [0.717, 1.165) is 96.3 Å². The van der Waals surface area contributed by atoms with Gasteiger partial charge in [-0.2, -0.15) is 0 Å². The van der Waals surface area contributed by atoms with Crippen LogP contribution in [-0.2, 0) is 28.6 Å². The van der Waals surface area contributed by atoms with Gasteiger partial charge in [0.2, 0.25) is 0 Å². The molecule has 0 amide bonds. The second-order valence-corrected chi connectivity index (χ2v) is 19.2. The second kappa shape index (κ2) is 57.2. The molecule has 0 aromatic heterocycles. The van der Waals surface area contributed by atoms with Gasteiger partial charge in [0.15, 0.2) is 6.10 Å². The highest BCUT2D eigenvalue weighted by Crippen LogP contribution is 2.15. The molecule has 0 aromatic carbocycles. The van der Waals surface area contributed by atoms with E-state index in [4.69, 9.17) is 14.2 Å². The molecule has 0 N–H and O–H groups in total. The van der Waals surface area contributed by atoms with Crippen molar-refractivity contribution in [1.29, 1.82) is 0 Å². The molecule has 0 aliphatic heterocycles. The van der Waals surface area contributed by atoms with Gasteiger partial charge in [-0.05, 0) is 109 Å². The van der Waals surface area contributed by atoms with E-state index >= 15 is 0 Å². The topological polar surface area (TPSA) is 78.9 Å². The molecule has 6 nitrogen and oxygen atoms in total. The SMILES string of the molecule is CC/C=C\C/C=C\C/C=C\CCCCCCCC(=O)OC[C@H](COC(=O)CCC/C=C\C/C=C\C/C=C\CCCCCCCC)OC(=O)CCCCCCCCCCC/C=C\CCCCCCCC. The van der Waals surface area contributed by atoms with E-state index in [1.807, 2.05) is 0 Å². The van der Waals surface area contributed by atoms with Crippen molar-refractivity contribution in [3.63, 3.8) is 0 Å². The van der Waals surface area contributed by atoms with Gasteiger partial charge < -0.3 is 14.2 Å². The van der Waals surface area contributed by atoms with Gasteiger partial charge in [0.1, 0.15) is 13.2 Å². The summed E-state index contributed by atoms with van der Waals surface area (Å²) in [5, 5.41) is 0. The molecule has 0 spiro atoms. The Balaban J connectivity index is 4.47. The Morgan fingerprint density at radius 1 is 0.304 bits per heavy atom. The molecule has 0 saturated carbocycles. The molecule has 6 heteroatoms. The maximum atomic E-state index is 12.9.